The zero-order valence-corrected chi connectivity index (χ0v) is 22.8. The molecule has 14 heteroatoms. The van der Waals surface area contributed by atoms with Crippen molar-refractivity contribution >= 4 is 33.9 Å². The molecule has 2 saturated carbocycles. The lowest BCUT2D eigenvalue weighted by Crippen LogP contribution is -2.35. The maximum Gasteiger partial charge on any atom is 0.413 e. The molecule has 0 radical (unpaired) electrons. The number of halogens is 5. The number of benzene rings is 1. The van der Waals surface area contributed by atoms with Crippen LogP contribution in [0.3, 0.4) is 0 Å². The predicted octanol–water partition coefficient (Wildman–Crippen LogP) is 5.50. The third-order valence-electron chi connectivity index (χ3n) is 8.52. The summed E-state index contributed by atoms with van der Waals surface area (Å²) >= 11 is 6.68. The van der Waals surface area contributed by atoms with Crippen LogP contribution in [-0.2, 0) is 10.3 Å². The van der Waals surface area contributed by atoms with Crippen molar-refractivity contribution in [2.45, 2.75) is 43.6 Å². The number of hydrogen-bond acceptors (Lipinski definition) is 8. The van der Waals surface area contributed by atoms with E-state index >= 15 is 0 Å². The number of aromatic nitrogens is 5. The Kier molecular flexibility index (Phi) is 6.07. The Morgan fingerprint density at radius 2 is 1.98 bits per heavy atom. The maximum atomic E-state index is 13.9. The van der Waals surface area contributed by atoms with Gasteiger partial charge in [0.1, 0.15) is 11.8 Å². The minimum Gasteiger partial charge on any atom is -0.381 e. The number of pyridine rings is 2. The fraction of sp³-hybridized carbons (Fsp3) is 0.393. The van der Waals surface area contributed by atoms with Crippen LogP contribution in [0.2, 0.25) is 5.02 Å². The van der Waals surface area contributed by atoms with Crippen LogP contribution in [0.1, 0.15) is 41.4 Å². The molecule has 7 rings (SSSR count). The van der Waals surface area contributed by atoms with E-state index in [1.54, 1.807) is 19.1 Å². The van der Waals surface area contributed by atoms with Gasteiger partial charge in [0.05, 0.1) is 47.2 Å². The highest BCUT2D eigenvalue weighted by Crippen LogP contribution is 2.55. The third kappa shape index (κ3) is 4.32. The molecule has 4 atom stereocenters. The highest BCUT2D eigenvalue weighted by atomic mass is 35.5. The van der Waals surface area contributed by atoms with Crippen LogP contribution in [-0.4, -0.2) is 50.4 Å². The molecule has 42 heavy (non-hydrogen) atoms. The molecule has 1 aliphatic heterocycles. The van der Waals surface area contributed by atoms with E-state index in [-0.39, 0.29) is 24.6 Å². The number of aryl methyl sites for hydroxylation is 1. The Labute approximate surface area is 241 Å². The Morgan fingerprint density at radius 3 is 2.64 bits per heavy atom. The Balaban J connectivity index is 1.30. The van der Waals surface area contributed by atoms with Crippen molar-refractivity contribution in [3.63, 3.8) is 0 Å². The molecule has 3 fully saturated rings. The number of nitriles is 1. The molecule has 1 saturated heterocycles. The number of nitrogens with zero attached hydrogens (tertiary/aromatic N) is 6. The zero-order valence-electron chi connectivity index (χ0n) is 22.1. The first-order valence-corrected chi connectivity index (χ1v) is 13.7. The average molecular weight is 599 g/mol. The molecule has 9 nitrogen and oxygen atoms in total. The largest absolute Gasteiger partial charge is 0.413 e. The van der Waals surface area contributed by atoms with Crippen LogP contribution >= 0.6 is 11.6 Å². The van der Waals surface area contributed by atoms with E-state index in [1.165, 1.54) is 24.5 Å². The van der Waals surface area contributed by atoms with Gasteiger partial charge in [0.2, 0.25) is 5.95 Å². The molecule has 1 aromatic carbocycles. The van der Waals surface area contributed by atoms with E-state index in [9.17, 15) is 22.8 Å². The lowest BCUT2D eigenvalue weighted by molar-refractivity contribution is -0.182. The van der Waals surface area contributed by atoms with Crippen LogP contribution in [0.25, 0.3) is 10.9 Å². The minimum atomic E-state index is -4.48. The second-order valence-corrected chi connectivity index (χ2v) is 11.5. The number of rotatable bonds is 7. The second kappa shape index (κ2) is 9.50. The van der Waals surface area contributed by atoms with Gasteiger partial charge in [-0.2, -0.15) is 22.8 Å². The smallest absolute Gasteiger partial charge is 0.381 e. The fourth-order valence-corrected chi connectivity index (χ4v) is 6.17. The molecule has 0 bridgehead atoms. The third-order valence-corrected chi connectivity index (χ3v) is 8.81. The molecule has 1 unspecified atom stereocenters. The van der Waals surface area contributed by atoms with E-state index in [4.69, 9.17) is 16.3 Å². The zero-order chi connectivity index (χ0) is 29.4. The van der Waals surface area contributed by atoms with Crippen molar-refractivity contribution in [1.82, 2.24) is 25.0 Å². The molecular weight excluding hydrogens is 576 g/mol. The Bertz CT molecular complexity index is 1760. The van der Waals surface area contributed by atoms with Crippen molar-refractivity contribution in [2.75, 3.05) is 23.8 Å². The van der Waals surface area contributed by atoms with Gasteiger partial charge in [-0.3, -0.25) is 4.98 Å². The van der Waals surface area contributed by atoms with E-state index in [1.807, 2.05) is 0 Å². The molecule has 4 heterocycles. The van der Waals surface area contributed by atoms with Crippen molar-refractivity contribution in [1.29, 1.82) is 5.26 Å². The topological polar surface area (TPSA) is 114 Å². The second-order valence-electron chi connectivity index (χ2n) is 11.1. The standard InChI is InChI=1S/C28H23ClF4N8O/c1-13-16(2-3-22(30)36-13)26(21-10-41(40-39-21)27(4-5-27)28(31,32)33)37-15-6-17-23(38-24-18-11-42-12-19(18)24)14(8-34)9-35-25(17)20(29)7-15/h2-3,6-7,9-10,18-19,24,26,37H,4-5,11-12H2,1H3,(H,35,38)/t18-,19+,24?,26-/m0/s1. The van der Waals surface area contributed by atoms with Gasteiger partial charge in [0.15, 0.2) is 5.54 Å². The van der Waals surface area contributed by atoms with Gasteiger partial charge in [-0.25, -0.2) is 9.67 Å². The quantitative estimate of drug-likeness (QED) is 0.212. The summed E-state index contributed by atoms with van der Waals surface area (Å²) in [7, 11) is 0. The van der Waals surface area contributed by atoms with E-state index in [0.717, 1.165) is 4.68 Å². The number of fused-ring (bicyclic) bond motifs is 2. The lowest BCUT2D eigenvalue weighted by atomic mass is 10.0. The number of nitrogens with one attached hydrogen (secondary N) is 2. The average Bonchev–Trinajstić information content (AvgIpc) is 3.73. The van der Waals surface area contributed by atoms with Crippen molar-refractivity contribution < 1.29 is 22.3 Å². The number of alkyl halides is 3. The van der Waals surface area contributed by atoms with Gasteiger partial charge in [-0.15, -0.1) is 5.10 Å². The number of ether oxygens (including phenoxy) is 1. The van der Waals surface area contributed by atoms with Gasteiger partial charge >= 0.3 is 6.18 Å². The van der Waals surface area contributed by atoms with E-state index in [2.05, 4.69) is 37.0 Å². The molecule has 2 aliphatic carbocycles. The summed E-state index contributed by atoms with van der Waals surface area (Å²) in [6, 6.07) is 7.58. The summed E-state index contributed by atoms with van der Waals surface area (Å²) in [6.07, 6.45) is -1.93. The van der Waals surface area contributed by atoms with Crippen LogP contribution < -0.4 is 10.6 Å². The molecule has 0 spiro atoms. The predicted molar refractivity (Wildman–Crippen MR) is 144 cm³/mol. The normalized spacial score (nSPS) is 22.8. The molecule has 4 aromatic rings. The highest BCUT2D eigenvalue weighted by molar-refractivity contribution is 6.35. The van der Waals surface area contributed by atoms with Crippen molar-refractivity contribution in [2.24, 2.45) is 11.8 Å². The summed E-state index contributed by atoms with van der Waals surface area (Å²) in [6.45, 7) is 2.91. The number of anilines is 2. The Morgan fingerprint density at radius 1 is 1.21 bits per heavy atom. The Hall–Kier alpha value is -4.02. The minimum absolute atomic E-state index is 0.0896. The van der Waals surface area contributed by atoms with Crippen LogP contribution in [0.15, 0.2) is 36.7 Å². The van der Waals surface area contributed by atoms with E-state index in [0.29, 0.717) is 69.2 Å². The molecule has 3 aromatic heterocycles. The summed E-state index contributed by atoms with van der Waals surface area (Å²) in [5.74, 6) is 0.0374. The van der Waals surface area contributed by atoms with E-state index < -0.39 is 23.7 Å². The molecule has 2 N–H and O–H groups in total. The highest BCUT2D eigenvalue weighted by Gasteiger charge is 2.66. The van der Waals surface area contributed by atoms with Crippen LogP contribution in [0.4, 0.5) is 28.9 Å². The maximum absolute atomic E-state index is 13.9. The van der Waals surface area contributed by atoms with Gasteiger partial charge < -0.3 is 15.4 Å². The molecule has 216 valence electrons. The summed E-state index contributed by atoms with van der Waals surface area (Å²) in [4.78, 5) is 8.31. The first-order chi connectivity index (χ1) is 20.1. The first kappa shape index (κ1) is 26.9. The van der Waals surface area contributed by atoms with Gasteiger partial charge in [0, 0.05) is 46.4 Å². The van der Waals surface area contributed by atoms with Crippen LogP contribution in [0.5, 0.6) is 0 Å². The molecule has 3 aliphatic rings. The summed E-state index contributed by atoms with van der Waals surface area (Å²) < 4.78 is 61.7. The summed E-state index contributed by atoms with van der Waals surface area (Å²) in [5.41, 5.74) is 0.815. The van der Waals surface area contributed by atoms with Gasteiger partial charge in [-0.1, -0.05) is 22.9 Å². The monoisotopic (exact) mass is 598 g/mol. The number of hydrogen-bond donors (Lipinski definition) is 2. The summed E-state index contributed by atoms with van der Waals surface area (Å²) in [5, 5.41) is 25.5. The van der Waals surface area contributed by atoms with Crippen LogP contribution in [0, 0.1) is 36.0 Å². The van der Waals surface area contributed by atoms with Crippen molar-refractivity contribution in [3.8, 4) is 6.07 Å². The lowest BCUT2D eigenvalue weighted by Gasteiger charge is -2.22. The van der Waals surface area contributed by atoms with Crippen molar-refractivity contribution in [3.05, 3.63) is 70.1 Å². The van der Waals surface area contributed by atoms with Gasteiger partial charge in [0.25, 0.3) is 0 Å². The fourth-order valence-electron chi connectivity index (χ4n) is 5.91. The SMILES string of the molecule is Cc1nc(F)ccc1[C@H](Nc1cc(Cl)c2ncc(C#N)c(NC3[C@H]4COC[C@@H]34)c2c1)c1cn(C2(C(F)(F)F)CC2)nn1. The molecular formula is C28H23ClF4N8O. The molecule has 0 amide bonds. The van der Waals surface area contributed by atoms with Gasteiger partial charge in [-0.05, 0) is 38.0 Å². The first-order valence-electron chi connectivity index (χ1n) is 13.4.